The Morgan fingerprint density at radius 2 is 1.67 bits per heavy atom. The summed E-state index contributed by atoms with van der Waals surface area (Å²) in [6, 6.07) is 2.19. The van der Waals surface area contributed by atoms with Crippen LogP contribution in [0.15, 0.2) is 12.1 Å². The Balaban J connectivity index is 3.15. The van der Waals surface area contributed by atoms with Crippen LogP contribution >= 0.6 is 0 Å². The van der Waals surface area contributed by atoms with Crippen molar-refractivity contribution in [3.63, 3.8) is 0 Å². The maximum atomic E-state index is 12.7. The molecule has 0 fully saturated rings. The average Bonchev–Trinajstić information content (AvgIpc) is 2.63. The highest BCUT2D eigenvalue weighted by atomic mass is 16.5. The van der Waals surface area contributed by atoms with Gasteiger partial charge in [0.25, 0.3) is 11.8 Å². The summed E-state index contributed by atoms with van der Waals surface area (Å²) in [5.74, 6) is -0.661. The summed E-state index contributed by atoms with van der Waals surface area (Å²) in [6.45, 7) is 3.55. The molecule has 0 aliphatic heterocycles. The van der Waals surface area contributed by atoms with Gasteiger partial charge in [0.2, 0.25) is 11.7 Å². The first-order chi connectivity index (χ1) is 12.7. The summed E-state index contributed by atoms with van der Waals surface area (Å²) in [5.41, 5.74) is 5.31. The highest BCUT2D eigenvalue weighted by molar-refractivity contribution is 5.98. The molecule has 1 aromatic rings. The first-order valence-corrected chi connectivity index (χ1v) is 8.43. The predicted molar refractivity (Wildman–Crippen MR) is 99.0 cm³/mol. The van der Waals surface area contributed by atoms with E-state index in [1.165, 1.54) is 33.4 Å². The molecule has 0 bridgehead atoms. The summed E-state index contributed by atoms with van der Waals surface area (Å²) >= 11 is 0. The molecule has 27 heavy (non-hydrogen) atoms. The van der Waals surface area contributed by atoms with Crippen LogP contribution in [0.3, 0.4) is 0 Å². The van der Waals surface area contributed by atoms with Crippen LogP contribution in [-0.4, -0.2) is 51.6 Å². The molecular weight excluding hydrogens is 354 g/mol. The van der Waals surface area contributed by atoms with E-state index in [2.05, 4.69) is 10.6 Å². The average molecular weight is 381 g/mol. The lowest BCUT2D eigenvalue weighted by Crippen LogP contribution is -2.46. The Kier molecular flexibility index (Phi) is 8.37. The third-order valence-corrected chi connectivity index (χ3v) is 3.66. The molecule has 3 amide bonds. The number of hydrogen-bond donors (Lipinski definition) is 3. The molecule has 0 radical (unpaired) electrons. The summed E-state index contributed by atoms with van der Waals surface area (Å²) in [7, 11) is 4.29. The van der Waals surface area contributed by atoms with Crippen LogP contribution in [0.1, 0.15) is 30.6 Å². The molecule has 9 nitrogen and oxygen atoms in total. The lowest BCUT2D eigenvalue weighted by Gasteiger charge is -2.20. The van der Waals surface area contributed by atoms with Crippen molar-refractivity contribution >= 4 is 17.7 Å². The maximum absolute atomic E-state index is 12.7. The fraction of sp³-hybridized carbons (Fsp3) is 0.500. The Labute approximate surface area is 158 Å². The topological polar surface area (TPSA) is 129 Å². The van der Waals surface area contributed by atoms with Gasteiger partial charge >= 0.3 is 0 Å². The van der Waals surface area contributed by atoms with Gasteiger partial charge in [0.15, 0.2) is 18.1 Å². The standard InChI is InChI=1S/C18H27N3O6/c1-10(2)6-12(18(24)20-3)21-17(23)11-7-13(25-4)16(14(8-11)26-5)27-9-15(19)22/h7-8,10,12H,6,9H2,1-5H3,(H2,19,22)(H,20,24)(H,21,23). The lowest BCUT2D eigenvalue weighted by molar-refractivity contribution is -0.123. The van der Waals surface area contributed by atoms with Crippen LogP contribution in [0, 0.1) is 5.92 Å². The fourth-order valence-electron chi connectivity index (χ4n) is 2.42. The normalized spacial score (nSPS) is 11.5. The number of primary amides is 1. The van der Waals surface area contributed by atoms with Gasteiger partial charge in [0, 0.05) is 12.6 Å². The highest BCUT2D eigenvalue weighted by Gasteiger charge is 2.24. The van der Waals surface area contributed by atoms with Crippen molar-refractivity contribution in [2.24, 2.45) is 11.7 Å². The van der Waals surface area contributed by atoms with Crippen molar-refractivity contribution < 1.29 is 28.6 Å². The quantitative estimate of drug-likeness (QED) is 0.540. The van der Waals surface area contributed by atoms with Gasteiger partial charge < -0.3 is 30.6 Å². The van der Waals surface area contributed by atoms with Crippen molar-refractivity contribution in [2.75, 3.05) is 27.9 Å². The molecule has 0 saturated heterocycles. The van der Waals surface area contributed by atoms with E-state index in [-0.39, 0.29) is 41.2 Å². The molecule has 0 aliphatic rings. The van der Waals surface area contributed by atoms with E-state index in [0.717, 1.165) is 0 Å². The lowest BCUT2D eigenvalue weighted by atomic mass is 10.0. The molecular formula is C18H27N3O6. The minimum Gasteiger partial charge on any atom is -0.493 e. The van der Waals surface area contributed by atoms with Crippen LogP contribution in [0.5, 0.6) is 17.2 Å². The van der Waals surface area contributed by atoms with Crippen LogP contribution in [0.2, 0.25) is 0 Å². The number of hydrogen-bond acceptors (Lipinski definition) is 6. The van der Waals surface area contributed by atoms with Crippen molar-refractivity contribution in [3.8, 4) is 17.2 Å². The molecule has 0 saturated carbocycles. The molecule has 4 N–H and O–H groups in total. The molecule has 150 valence electrons. The number of methoxy groups -OCH3 is 2. The fourth-order valence-corrected chi connectivity index (χ4v) is 2.42. The predicted octanol–water partition coefficient (Wildman–Crippen LogP) is 0.458. The minimum atomic E-state index is -0.676. The number of amides is 3. The highest BCUT2D eigenvalue weighted by Crippen LogP contribution is 2.38. The van der Waals surface area contributed by atoms with Crippen molar-refractivity contribution in [1.29, 1.82) is 0 Å². The van der Waals surface area contributed by atoms with E-state index in [0.29, 0.717) is 6.42 Å². The SMILES string of the molecule is CNC(=O)C(CC(C)C)NC(=O)c1cc(OC)c(OCC(N)=O)c(OC)c1. The van der Waals surface area contributed by atoms with Crippen LogP contribution < -0.4 is 30.6 Å². The second-order valence-electron chi connectivity index (χ2n) is 6.23. The number of nitrogens with one attached hydrogen (secondary N) is 2. The summed E-state index contributed by atoms with van der Waals surface area (Å²) in [5, 5.41) is 5.25. The number of ether oxygens (including phenoxy) is 3. The molecule has 1 aromatic carbocycles. The molecule has 0 aromatic heterocycles. The van der Waals surface area contributed by atoms with E-state index in [1.54, 1.807) is 0 Å². The van der Waals surface area contributed by atoms with Gasteiger partial charge in [-0.05, 0) is 24.5 Å². The van der Waals surface area contributed by atoms with Crippen molar-refractivity contribution in [1.82, 2.24) is 10.6 Å². The molecule has 0 spiro atoms. The number of rotatable bonds is 10. The molecule has 1 unspecified atom stereocenters. The Hall–Kier alpha value is -2.97. The van der Waals surface area contributed by atoms with E-state index in [9.17, 15) is 14.4 Å². The van der Waals surface area contributed by atoms with Crippen molar-refractivity contribution in [2.45, 2.75) is 26.3 Å². The molecule has 9 heteroatoms. The van der Waals surface area contributed by atoms with Gasteiger partial charge in [-0.1, -0.05) is 13.8 Å². The Bertz CT molecular complexity index is 665. The smallest absolute Gasteiger partial charge is 0.255 e. The summed E-state index contributed by atoms with van der Waals surface area (Å²) in [6.07, 6.45) is 0.486. The van der Waals surface area contributed by atoms with Crippen molar-refractivity contribution in [3.05, 3.63) is 17.7 Å². The zero-order chi connectivity index (χ0) is 20.6. The first-order valence-electron chi connectivity index (χ1n) is 8.43. The number of carbonyl (C=O) groups is 3. The number of likely N-dealkylation sites (N-methyl/N-ethyl adjacent to an activating group) is 1. The molecule has 1 rings (SSSR count). The molecule has 0 heterocycles. The first kappa shape index (κ1) is 22.1. The largest absolute Gasteiger partial charge is 0.493 e. The number of benzene rings is 1. The van der Waals surface area contributed by atoms with E-state index < -0.39 is 17.9 Å². The third kappa shape index (κ3) is 6.36. The zero-order valence-electron chi connectivity index (χ0n) is 16.3. The second-order valence-corrected chi connectivity index (χ2v) is 6.23. The monoisotopic (exact) mass is 381 g/mol. The molecule has 1 atom stereocenters. The summed E-state index contributed by atoms with van der Waals surface area (Å²) in [4.78, 5) is 35.6. The van der Waals surface area contributed by atoms with E-state index in [1.807, 2.05) is 13.8 Å². The molecule has 0 aliphatic carbocycles. The van der Waals surface area contributed by atoms with Gasteiger partial charge in [-0.15, -0.1) is 0 Å². The van der Waals surface area contributed by atoms with Crippen LogP contribution in [0.25, 0.3) is 0 Å². The van der Waals surface area contributed by atoms with Crippen LogP contribution in [-0.2, 0) is 9.59 Å². The number of carbonyl (C=O) groups excluding carboxylic acids is 3. The van der Waals surface area contributed by atoms with E-state index in [4.69, 9.17) is 19.9 Å². The van der Waals surface area contributed by atoms with Gasteiger partial charge in [0.1, 0.15) is 6.04 Å². The summed E-state index contributed by atoms with van der Waals surface area (Å²) < 4.78 is 15.8. The van der Waals surface area contributed by atoms with Gasteiger partial charge in [-0.3, -0.25) is 14.4 Å². The Morgan fingerprint density at radius 3 is 2.07 bits per heavy atom. The van der Waals surface area contributed by atoms with Crippen LogP contribution in [0.4, 0.5) is 0 Å². The van der Waals surface area contributed by atoms with E-state index >= 15 is 0 Å². The maximum Gasteiger partial charge on any atom is 0.255 e. The van der Waals surface area contributed by atoms with Gasteiger partial charge in [0.05, 0.1) is 14.2 Å². The zero-order valence-corrected chi connectivity index (χ0v) is 16.3. The third-order valence-electron chi connectivity index (χ3n) is 3.66. The minimum absolute atomic E-state index is 0.153. The van der Waals surface area contributed by atoms with Gasteiger partial charge in [-0.25, -0.2) is 0 Å². The second kappa shape index (κ2) is 10.2. The number of nitrogens with two attached hydrogens (primary N) is 1. The Morgan fingerprint density at radius 1 is 1.11 bits per heavy atom. The van der Waals surface area contributed by atoms with Gasteiger partial charge in [-0.2, -0.15) is 0 Å².